The Hall–Kier alpha value is -2.62. The summed E-state index contributed by atoms with van der Waals surface area (Å²) in [5.41, 5.74) is 3.22. The molecule has 120 valence electrons. The highest BCUT2D eigenvalue weighted by Gasteiger charge is 2.09. The van der Waals surface area contributed by atoms with E-state index in [0.717, 1.165) is 12.0 Å². The Balaban J connectivity index is 1.99. The average Bonchev–Trinajstić information content (AvgIpc) is 2.56. The first-order valence-electron chi connectivity index (χ1n) is 7.77. The van der Waals surface area contributed by atoms with Crippen LogP contribution in [0.15, 0.2) is 48.5 Å². The van der Waals surface area contributed by atoms with Crippen molar-refractivity contribution in [2.75, 3.05) is 11.9 Å². The quantitative estimate of drug-likeness (QED) is 0.829. The Morgan fingerprint density at radius 1 is 1.00 bits per heavy atom. The molecule has 0 heterocycles. The third kappa shape index (κ3) is 4.95. The fourth-order valence-electron chi connectivity index (χ4n) is 2.22. The minimum atomic E-state index is -0.390. The first-order valence-corrected chi connectivity index (χ1v) is 7.77. The van der Waals surface area contributed by atoms with E-state index in [2.05, 4.69) is 12.2 Å². The predicted octanol–water partition coefficient (Wildman–Crippen LogP) is 3.61. The van der Waals surface area contributed by atoms with Gasteiger partial charge in [-0.2, -0.15) is 0 Å². The summed E-state index contributed by atoms with van der Waals surface area (Å²) in [6.45, 7) is 4.18. The maximum atomic E-state index is 12.1. The lowest BCUT2D eigenvalue weighted by Crippen LogP contribution is -2.15. The summed E-state index contributed by atoms with van der Waals surface area (Å²) < 4.78 is 4.95. The van der Waals surface area contributed by atoms with Crippen LogP contribution in [0.2, 0.25) is 0 Å². The number of nitrogens with one attached hydrogen (secondary N) is 1. The molecule has 1 amide bonds. The number of amides is 1. The largest absolute Gasteiger partial charge is 0.462 e. The third-order valence-electron chi connectivity index (χ3n) is 3.45. The molecule has 0 radical (unpaired) electrons. The van der Waals surface area contributed by atoms with Crippen LogP contribution in [-0.4, -0.2) is 18.5 Å². The molecule has 0 saturated heterocycles. The molecule has 23 heavy (non-hydrogen) atoms. The van der Waals surface area contributed by atoms with Gasteiger partial charge in [0, 0.05) is 5.69 Å². The Morgan fingerprint density at radius 2 is 1.70 bits per heavy atom. The van der Waals surface area contributed by atoms with Crippen LogP contribution < -0.4 is 5.32 Å². The molecule has 0 aliphatic rings. The highest BCUT2D eigenvalue weighted by Crippen LogP contribution is 2.13. The Kier molecular flexibility index (Phi) is 5.92. The molecule has 0 aromatic heterocycles. The summed E-state index contributed by atoms with van der Waals surface area (Å²) in [7, 11) is 0. The summed E-state index contributed by atoms with van der Waals surface area (Å²) >= 11 is 0. The van der Waals surface area contributed by atoms with Gasteiger partial charge in [0.2, 0.25) is 5.91 Å². The standard InChI is InChI=1S/C19H21NO3/c1-3-14-8-10-15(11-9-14)12-18(21)20-17-7-5-6-16(13-17)19(22)23-4-2/h5-11,13H,3-4,12H2,1-2H3,(H,20,21). The van der Waals surface area contributed by atoms with Crippen LogP contribution in [-0.2, 0) is 22.4 Å². The molecule has 0 spiro atoms. The summed E-state index contributed by atoms with van der Waals surface area (Å²) in [5.74, 6) is -0.506. The molecule has 4 heteroatoms. The van der Waals surface area contributed by atoms with Gasteiger partial charge in [-0.05, 0) is 42.7 Å². The molecular weight excluding hydrogens is 290 g/mol. The number of aryl methyl sites for hydroxylation is 1. The van der Waals surface area contributed by atoms with Crippen LogP contribution in [0.25, 0.3) is 0 Å². The lowest BCUT2D eigenvalue weighted by molar-refractivity contribution is -0.115. The second-order valence-corrected chi connectivity index (χ2v) is 5.20. The van der Waals surface area contributed by atoms with Crippen LogP contribution >= 0.6 is 0 Å². The smallest absolute Gasteiger partial charge is 0.338 e. The van der Waals surface area contributed by atoms with E-state index in [1.165, 1.54) is 5.56 Å². The van der Waals surface area contributed by atoms with Crippen molar-refractivity contribution in [3.8, 4) is 0 Å². The summed E-state index contributed by atoms with van der Waals surface area (Å²) in [6, 6.07) is 14.8. The average molecular weight is 311 g/mol. The van der Waals surface area contributed by atoms with Crippen molar-refractivity contribution in [3.05, 3.63) is 65.2 Å². The second kappa shape index (κ2) is 8.13. The van der Waals surface area contributed by atoms with Crippen molar-refractivity contribution in [2.24, 2.45) is 0 Å². The number of rotatable bonds is 6. The van der Waals surface area contributed by atoms with Gasteiger partial charge in [-0.1, -0.05) is 37.3 Å². The third-order valence-corrected chi connectivity index (χ3v) is 3.45. The van der Waals surface area contributed by atoms with Crippen LogP contribution in [0.1, 0.15) is 35.3 Å². The highest BCUT2D eigenvalue weighted by atomic mass is 16.5. The Labute approximate surface area is 136 Å². The number of carbonyl (C=O) groups excluding carboxylic acids is 2. The molecule has 2 rings (SSSR count). The molecule has 0 aliphatic carbocycles. The van der Waals surface area contributed by atoms with Crippen LogP contribution in [0.4, 0.5) is 5.69 Å². The fraction of sp³-hybridized carbons (Fsp3) is 0.263. The van der Waals surface area contributed by atoms with Gasteiger partial charge in [0.15, 0.2) is 0 Å². The summed E-state index contributed by atoms with van der Waals surface area (Å²) in [6.07, 6.45) is 1.28. The lowest BCUT2D eigenvalue weighted by Gasteiger charge is -2.08. The van der Waals surface area contributed by atoms with Crippen molar-refractivity contribution < 1.29 is 14.3 Å². The van der Waals surface area contributed by atoms with Crippen LogP contribution in [0, 0.1) is 0 Å². The zero-order valence-corrected chi connectivity index (χ0v) is 13.5. The molecule has 0 atom stereocenters. The second-order valence-electron chi connectivity index (χ2n) is 5.20. The zero-order chi connectivity index (χ0) is 16.7. The van der Waals surface area contributed by atoms with Gasteiger partial charge >= 0.3 is 5.97 Å². The van der Waals surface area contributed by atoms with Gasteiger partial charge in [-0.15, -0.1) is 0 Å². The number of hydrogen-bond donors (Lipinski definition) is 1. The topological polar surface area (TPSA) is 55.4 Å². The van der Waals surface area contributed by atoms with Gasteiger partial charge in [-0.3, -0.25) is 4.79 Å². The van der Waals surface area contributed by atoms with E-state index in [9.17, 15) is 9.59 Å². The fourth-order valence-corrected chi connectivity index (χ4v) is 2.22. The van der Waals surface area contributed by atoms with Gasteiger partial charge < -0.3 is 10.1 Å². The number of benzene rings is 2. The van der Waals surface area contributed by atoms with E-state index in [0.29, 0.717) is 24.3 Å². The van der Waals surface area contributed by atoms with Crippen molar-refractivity contribution in [3.63, 3.8) is 0 Å². The molecular formula is C19H21NO3. The number of ether oxygens (including phenoxy) is 1. The van der Waals surface area contributed by atoms with Crippen molar-refractivity contribution in [1.82, 2.24) is 0 Å². The van der Waals surface area contributed by atoms with E-state index in [1.54, 1.807) is 31.2 Å². The van der Waals surface area contributed by atoms with Gasteiger partial charge in [0.25, 0.3) is 0 Å². The molecule has 4 nitrogen and oxygen atoms in total. The monoisotopic (exact) mass is 311 g/mol. The van der Waals surface area contributed by atoms with Crippen molar-refractivity contribution in [1.29, 1.82) is 0 Å². The van der Waals surface area contributed by atoms with E-state index < -0.39 is 5.97 Å². The number of esters is 1. The lowest BCUT2D eigenvalue weighted by atomic mass is 10.1. The molecule has 2 aromatic carbocycles. The maximum Gasteiger partial charge on any atom is 0.338 e. The van der Waals surface area contributed by atoms with E-state index in [-0.39, 0.29) is 5.91 Å². The maximum absolute atomic E-state index is 12.1. The molecule has 0 aliphatic heterocycles. The van der Waals surface area contributed by atoms with Crippen molar-refractivity contribution >= 4 is 17.6 Å². The first-order chi connectivity index (χ1) is 11.1. The van der Waals surface area contributed by atoms with E-state index in [1.807, 2.05) is 24.3 Å². The predicted molar refractivity (Wildman–Crippen MR) is 90.6 cm³/mol. The number of anilines is 1. The zero-order valence-electron chi connectivity index (χ0n) is 13.5. The normalized spacial score (nSPS) is 10.2. The Bertz CT molecular complexity index is 677. The van der Waals surface area contributed by atoms with Crippen LogP contribution in [0.5, 0.6) is 0 Å². The number of carbonyl (C=O) groups is 2. The summed E-state index contributed by atoms with van der Waals surface area (Å²) in [4.78, 5) is 23.8. The van der Waals surface area contributed by atoms with E-state index in [4.69, 9.17) is 4.74 Å². The molecule has 2 aromatic rings. The molecule has 0 fully saturated rings. The van der Waals surface area contributed by atoms with Gasteiger partial charge in [0.05, 0.1) is 18.6 Å². The molecule has 0 unspecified atom stereocenters. The highest BCUT2D eigenvalue weighted by molar-refractivity contribution is 5.95. The molecule has 0 bridgehead atoms. The number of hydrogen-bond acceptors (Lipinski definition) is 3. The minimum Gasteiger partial charge on any atom is -0.462 e. The van der Waals surface area contributed by atoms with Crippen molar-refractivity contribution in [2.45, 2.75) is 26.7 Å². The van der Waals surface area contributed by atoms with Gasteiger partial charge in [0.1, 0.15) is 0 Å². The molecule has 0 saturated carbocycles. The Morgan fingerprint density at radius 3 is 2.35 bits per heavy atom. The first kappa shape index (κ1) is 16.7. The van der Waals surface area contributed by atoms with Gasteiger partial charge in [-0.25, -0.2) is 4.79 Å². The summed E-state index contributed by atoms with van der Waals surface area (Å²) in [5, 5.41) is 2.81. The molecule has 1 N–H and O–H groups in total. The van der Waals surface area contributed by atoms with Crippen LogP contribution in [0.3, 0.4) is 0 Å². The van der Waals surface area contributed by atoms with E-state index >= 15 is 0 Å². The minimum absolute atomic E-state index is 0.116. The SMILES string of the molecule is CCOC(=O)c1cccc(NC(=O)Cc2ccc(CC)cc2)c1.